The van der Waals surface area contributed by atoms with Crippen molar-refractivity contribution in [3.05, 3.63) is 28.5 Å². The zero-order chi connectivity index (χ0) is 15.3. The van der Waals surface area contributed by atoms with E-state index in [0.29, 0.717) is 6.42 Å². The van der Waals surface area contributed by atoms with Gasteiger partial charge in [0, 0.05) is 5.02 Å². The van der Waals surface area contributed by atoms with E-state index in [-0.39, 0.29) is 11.6 Å². The van der Waals surface area contributed by atoms with Crippen molar-refractivity contribution in [3.8, 4) is 0 Å². The highest BCUT2D eigenvalue weighted by molar-refractivity contribution is 7.89. The van der Waals surface area contributed by atoms with Crippen molar-refractivity contribution < 1.29 is 22.3 Å². The zero-order valence-electron chi connectivity index (χ0n) is 10.9. The fourth-order valence-electron chi connectivity index (χ4n) is 1.51. The third kappa shape index (κ3) is 4.43. The second kappa shape index (κ2) is 7.01. The molecule has 0 aliphatic heterocycles. The van der Waals surface area contributed by atoms with Crippen LogP contribution in [0.1, 0.15) is 36.5 Å². The van der Waals surface area contributed by atoms with E-state index in [1.807, 2.05) is 6.92 Å². The van der Waals surface area contributed by atoms with Crippen molar-refractivity contribution in [2.45, 2.75) is 31.1 Å². The number of hydrogen-bond acceptors (Lipinski definition) is 4. The lowest BCUT2D eigenvalue weighted by Gasteiger charge is -2.08. The maximum Gasteiger partial charge on any atom is 0.341 e. The Kier molecular flexibility index (Phi) is 5.91. The van der Waals surface area contributed by atoms with Crippen molar-refractivity contribution in [1.82, 2.24) is 0 Å². The lowest BCUT2D eigenvalue weighted by molar-refractivity contribution is 0.0492. The van der Waals surface area contributed by atoms with Gasteiger partial charge in [0.1, 0.15) is 4.90 Å². The number of benzene rings is 1. The van der Waals surface area contributed by atoms with Crippen LogP contribution in [0, 0.1) is 5.82 Å². The molecule has 0 fully saturated rings. The summed E-state index contributed by atoms with van der Waals surface area (Å²) in [6.45, 7) is 2.11. The Morgan fingerprint density at radius 1 is 1.40 bits per heavy atom. The van der Waals surface area contributed by atoms with Crippen LogP contribution in [0.5, 0.6) is 0 Å². The van der Waals surface area contributed by atoms with Crippen LogP contribution in [0.3, 0.4) is 0 Å². The van der Waals surface area contributed by atoms with Crippen LogP contribution in [0.2, 0.25) is 5.02 Å². The number of sulfonamides is 1. The van der Waals surface area contributed by atoms with Crippen molar-refractivity contribution in [3.63, 3.8) is 0 Å². The minimum Gasteiger partial charge on any atom is -0.462 e. The van der Waals surface area contributed by atoms with Gasteiger partial charge in [0.2, 0.25) is 10.0 Å². The number of halogens is 2. The molecule has 0 aliphatic carbocycles. The number of hydrogen-bond donors (Lipinski definition) is 1. The number of rotatable bonds is 6. The Bertz CT molecular complexity index is 604. The van der Waals surface area contributed by atoms with Gasteiger partial charge in [-0.25, -0.2) is 22.7 Å². The highest BCUT2D eigenvalue weighted by Gasteiger charge is 2.23. The van der Waals surface area contributed by atoms with Gasteiger partial charge in [-0.1, -0.05) is 31.4 Å². The molecule has 0 bridgehead atoms. The van der Waals surface area contributed by atoms with Crippen LogP contribution in [-0.4, -0.2) is 21.0 Å². The normalized spacial score (nSPS) is 11.4. The van der Waals surface area contributed by atoms with Crippen LogP contribution >= 0.6 is 11.6 Å². The SMILES string of the molecule is CCCCCOC(=O)c1cc(Cl)cc(S(N)(=O)=O)c1F. The lowest BCUT2D eigenvalue weighted by atomic mass is 10.2. The number of carbonyl (C=O) groups is 1. The van der Waals surface area contributed by atoms with Gasteiger partial charge in [-0.05, 0) is 18.6 Å². The van der Waals surface area contributed by atoms with E-state index < -0.39 is 32.3 Å². The molecule has 1 aromatic rings. The molecule has 0 unspecified atom stereocenters. The minimum atomic E-state index is -4.31. The second-order valence-electron chi connectivity index (χ2n) is 4.15. The topological polar surface area (TPSA) is 86.5 Å². The Balaban J connectivity index is 3.01. The maximum atomic E-state index is 14.0. The number of nitrogens with two attached hydrogens (primary N) is 1. The van der Waals surface area contributed by atoms with Gasteiger partial charge in [-0.15, -0.1) is 0 Å². The van der Waals surface area contributed by atoms with Crippen molar-refractivity contribution in [2.75, 3.05) is 6.61 Å². The van der Waals surface area contributed by atoms with Crippen LogP contribution in [0.15, 0.2) is 17.0 Å². The van der Waals surface area contributed by atoms with Gasteiger partial charge < -0.3 is 4.74 Å². The molecule has 20 heavy (non-hydrogen) atoms. The summed E-state index contributed by atoms with van der Waals surface area (Å²) < 4.78 is 41.2. The molecule has 0 atom stereocenters. The molecule has 0 heterocycles. The maximum absolute atomic E-state index is 14.0. The number of ether oxygens (including phenoxy) is 1. The molecule has 0 aliphatic rings. The van der Waals surface area contributed by atoms with Crippen molar-refractivity contribution in [1.29, 1.82) is 0 Å². The molecular weight excluding hydrogens is 309 g/mol. The molecule has 2 N–H and O–H groups in total. The van der Waals surface area contributed by atoms with E-state index in [1.54, 1.807) is 0 Å². The van der Waals surface area contributed by atoms with Crippen LogP contribution in [0.4, 0.5) is 4.39 Å². The quantitative estimate of drug-likeness (QED) is 0.643. The highest BCUT2D eigenvalue weighted by Crippen LogP contribution is 2.23. The molecule has 0 spiro atoms. The van der Waals surface area contributed by atoms with Crippen LogP contribution in [0.25, 0.3) is 0 Å². The first-order chi connectivity index (χ1) is 9.27. The van der Waals surface area contributed by atoms with Crippen LogP contribution in [-0.2, 0) is 14.8 Å². The average molecular weight is 324 g/mol. The summed E-state index contributed by atoms with van der Waals surface area (Å²) in [6, 6.07) is 1.85. The van der Waals surface area contributed by atoms with Crippen molar-refractivity contribution >= 4 is 27.6 Å². The molecular formula is C12H15ClFNO4S. The summed E-state index contributed by atoms with van der Waals surface area (Å²) in [4.78, 5) is 10.9. The van der Waals surface area contributed by atoms with Gasteiger partial charge in [-0.2, -0.15) is 0 Å². The van der Waals surface area contributed by atoms with E-state index in [0.717, 1.165) is 25.0 Å². The number of primary sulfonamides is 1. The van der Waals surface area contributed by atoms with E-state index in [9.17, 15) is 17.6 Å². The monoisotopic (exact) mass is 323 g/mol. The molecule has 8 heteroatoms. The smallest absolute Gasteiger partial charge is 0.341 e. The fourth-order valence-corrected chi connectivity index (χ4v) is 2.45. The summed E-state index contributed by atoms with van der Waals surface area (Å²) >= 11 is 5.66. The molecule has 0 saturated heterocycles. The lowest BCUT2D eigenvalue weighted by Crippen LogP contribution is -2.17. The summed E-state index contributed by atoms with van der Waals surface area (Å²) in [7, 11) is -4.31. The summed E-state index contributed by atoms with van der Waals surface area (Å²) in [5.41, 5.74) is -0.543. The summed E-state index contributed by atoms with van der Waals surface area (Å²) in [6.07, 6.45) is 2.46. The van der Waals surface area contributed by atoms with Gasteiger partial charge >= 0.3 is 5.97 Å². The predicted octanol–water partition coefficient (Wildman–Crippen LogP) is 2.47. The third-order valence-electron chi connectivity index (χ3n) is 2.51. The first-order valence-corrected chi connectivity index (χ1v) is 7.88. The molecule has 1 aromatic carbocycles. The summed E-state index contributed by atoms with van der Waals surface area (Å²) in [5, 5.41) is 4.74. The highest BCUT2D eigenvalue weighted by atomic mass is 35.5. The fraction of sp³-hybridized carbons (Fsp3) is 0.417. The zero-order valence-corrected chi connectivity index (χ0v) is 12.4. The Morgan fingerprint density at radius 2 is 2.05 bits per heavy atom. The Labute approximate surface area is 121 Å². The predicted molar refractivity (Wildman–Crippen MR) is 72.6 cm³/mol. The van der Waals surface area contributed by atoms with Gasteiger partial charge in [-0.3, -0.25) is 0 Å². The van der Waals surface area contributed by atoms with E-state index in [1.165, 1.54) is 0 Å². The van der Waals surface area contributed by atoms with Crippen LogP contribution < -0.4 is 5.14 Å². The van der Waals surface area contributed by atoms with E-state index in [2.05, 4.69) is 0 Å². The average Bonchev–Trinajstić information content (AvgIpc) is 2.35. The molecule has 0 amide bonds. The largest absolute Gasteiger partial charge is 0.462 e. The first kappa shape index (κ1) is 16.9. The first-order valence-electron chi connectivity index (χ1n) is 5.96. The van der Waals surface area contributed by atoms with Gasteiger partial charge in [0.25, 0.3) is 0 Å². The van der Waals surface area contributed by atoms with Gasteiger partial charge in [0.05, 0.1) is 12.2 Å². The Hall–Kier alpha value is -1.18. The molecule has 0 radical (unpaired) electrons. The van der Waals surface area contributed by atoms with E-state index in [4.69, 9.17) is 21.5 Å². The summed E-state index contributed by atoms with van der Waals surface area (Å²) in [5.74, 6) is -2.22. The number of carbonyl (C=O) groups excluding carboxylic acids is 1. The molecule has 112 valence electrons. The number of esters is 1. The molecule has 5 nitrogen and oxygen atoms in total. The molecule has 0 aromatic heterocycles. The number of unbranched alkanes of at least 4 members (excludes halogenated alkanes) is 2. The standard InChI is InChI=1S/C12H15ClFNO4S/c1-2-3-4-5-19-12(16)9-6-8(13)7-10(11(9)14)20(15,17)18/h6-7H,2-5H2,1H3,(H2,15,17,18). The van der Waals surface area contributed by atoms with Crippen molar-refractivity contribution in [2.24, 2.45) is 5.14 Å². The molecule has 1 rings (SSSR count). The molecule has 0 saturated carbocycles. The Morgan fingerprint density at radius 3 is 2.60 bits per heavy atom. The second-order valence-corrected chi connectivity index (χ2v) is 6.12. The minimum absolute atomic E-state index is 0.115. The van der Waals surface area contributed by atoms with E-state index >= 15 is 0 Å². The third-order valence-corrected chi connectivity index (χ3v) is 3.64. The van der Waals surface area contributed by atoms with Gasteiger partial charge in [0.15, 0.2) is 5.82 Å².